The summed E-state index contributed by atoms with van der Waals surface area (Å²) in [7, 11) is 1.20. The zero-order chi connectivity index (χ0) is 14.4. The second kappa shape index (κ2) is 6.34. The number of carbonyl (C=O) groups is 2. The Balaban J connectivity index is 2.98. The second-order valence-electron chi connectivity index (χ2n) is 3.48. The van der Waals surface area contributed by atoms with Gasteiger partial charge in [0, 0.05) is 19.1 Å². The Bertz CT molecular complexity index is 514. The summed E-state index contributed by atoms with van der Waals surface area (Å²) in [6.45, 7) is 0.893. The SMILES string of the molecule is COC(=O)COc1ccc([N+](=O)[O-])cc1NC(C)=O. The van der Waals surface area contributed by atoms with Gasteiger partial charge in [0.1, 0.15) is 5.75 Å². The quantitative estimate of drug-likeness (QED) is 0.486. The van der Waals surface area contributed by atoms with Crippen LogP contribution in [0.3, 0.4) is 0 Å². The molecule has 0 aliphatic carbocycles. The Hall–Kier alpha value is -2.64. The number of nitrogens with one attached hydrogen (secondary N) is 1. The van der Waals surface area contributed by atoms with Gasteiger partial charge in [-0.2, -0.15) is 0 Å². The molecule has 0 heterocycles. The van der Waals surface area contributed by atoms with Crippen LogP contribution in [0, 0.1) is 10.1 Å². The van der Waals surface area contributed by atoms with Gasteiger partial charge in [0.25, 0.3) is 5.69 Å². The van der Waals surface area contributed by atoms with E-state index in [4.69, 9.17) is 4.74 Å². The summed E-state index contributed by atoms with van der Waals surface area (Å²) < 4.78 is 9.51. The van der Waals surface area contributed by atoms with E-state index < -0.39 is 16.8 Å². The number of ether oxygens (including phenoxy) is 2. The number of esters is 1. The van der Waals surface area contributed by atoms with Gasteiger partial charge in [-0.3, -0.25) is 14.9 Å². The van der Waals surface area contributed by atoms with E-state index in [2.05, 4.69) is 10.1 Å². The molecule has 0 aliphatic rings. The van der Waals surface area contributed by atoms with E-state index in [-0.39, 0.29) is 23.7 Å². The number of nitro groups is 1. The minimum absolute atomic E-state index is 0.116. The van der Waals surface area contributed by atoms with Gasteiger partial charge < -0.3 is 14.8 Å². The molecule has 0 saturated heterocycles. The molecular weight excluding hydrogens is 256 g/mol. The van der Waals surface area contributed by atoms with Crippen LogP contribution in [0.15, 0.2) is 18.2 Å². The first-order valence-corrected chi connectivity index (χ1v) is 5.19. The maximum absolute atomic E-state index is 11.0. The van der Waals surface area contributed by atoms with Crippen molar-refractivity contribution in [3.63, 3.8) is 0 Å². The first kappa shape index (κ1) is 14.4. The first-order chi connectivity index (χ1) is 8.93. The van der Waals surface area contributed by atoms with Crippen LogP contribution in [0.25, 0.3) is 0 Å². The van der Waals surface area contributed by atoms with Crippen molar-refractivity contribution < 1.29 is 24.0 Å². The number of carbonyl (C=O) groups excluding carboxylic acids is 2. The Labute approximate surface area is 108 Å². The van der Waals surface area contributed by atoms with Crippen molar-refractivity contribution in [3.8, 4) is 5.75 Å². The Morgan fingerprint density at radius 3 is 2.63 bits per heavy atom. The number of amides is 1. The average molecular weight is 268 g/mol. The maximum Gasteiger partial charge on any atom is 0.343 e. The molecule has 1 N–H and O–H groups in total. The van der Waals surface area contributed by atoms with Gasteiger partial charge in [-0.05, 0) is 6.07 Å². The highest BCUT2D eigenvalue weighted by Gasteiger charge is 2.14. The lowest BCUT2D eigenvalue weighted by molar-refractivity contribution is -0.384. The van der Waals surface area contributed by atoms with E-state index in [1.54, 1.807) is 0 Å². The number of nitro benzene ring substituents is 1. The van der Waals surface area contributed by atoms with Gasteiger partial charge in [0.05, 0.1) is 17.7 Å². The summed E-state index contributed by atoms with van der Waals surface area (Å²) in [5.41, 5.74) is -0.0835. The number of benzene rings is 1. The van der Waals surface area contributed by atoms with Crippen molar-refractivity contribution in [2.45, 2.75) is 6.92 Å². The minimum Gasteiger partial charge on any atom is -0.480 e. The molecule has 19 heavy (non-hydrogen) atoms. The molecule has 102 valence electrons. The zero-order valence-electron chi connectivity index (χ0n) is 10.3. The largest absolute Gasteiger partial charge is 0.480 e. The lowest BCUT2D eigenvalue weighted by Crippen LogP contribution is -2.14. The number of non-ortho nitro benzene ring substituents is 1. The lowest BCUT2D eigenvalue weighted by atomic mass is 10.2. The van der Waals surface area contributed by atoms with Crippen LogP contribution < -0.4 is 10.1 Å². The van der Waals surface area contributed by atoms with Crippen LogP contribution in [0.2, 0.25) is 0 Å². The van der Waals surface area contributed by atoms with Crippen LogP contribution in [0.5, 0.6) is 5.75 Å². The van der Waals surface area contributed by atoms with E-state index in [1.807, 2.05) is 0 Å². The summed E-state index contributed by atoms with van der Waals surface area (Å²) in [5, 5.41) is 13.0. The third kappa shape index (κ3) is 4.26. The van der Waals surface area contributed by atoms with Crippen LogP contribution in [0.4, 0.5) is 11.4 Å². The predicted molar refractivity (Wildman–Crippen MR) is 64.9 cm³/mol. The third-order valence-corrected chi connectivity index (χ3v) is 2.06. The maximum atomic E-state index is 11.0. The van der Waals surface area contributed by atoms with Crippen LogP contribution in [-0.2, 0) is 14.3 Å². The molecule has 0 radical (unpaired) electrons. The molecule has 0 unspecified atom stereocenters. The summed E-state index contributed by atoms with van der Waals surface area (Å²) in [6.07, 6.45) is 0. The van der Waals surface area contributed by atoms with E-state index in [1.165, 1.54) is 26.2 Å². The standard InChI is InChI=1S/C11H12N2O6/c1-7(14)12-9-5-8(13(16)17)3-4-10(9)19-6-11(15)18-2/h3-5H,6H2,1-2H3,(H,12,14). The molecule has 0 saturated carbocycles. The molecule has 0 fully saturated rings. The molecule has 0 spiro atoms. The highest BCUT2D eigenvalue weighted by molar-refractivity contribution is 5.91. The van der Waals surface area contributed by atoms with Gasteiger partial charge in [-0.15, -0.1) is 0 Å². The lowest BCUT2D eigenvalue weighted by Gasteiger charge is -2.10. The van der Waals surface area contributed by atoms with E-state index in [9.17, 15) is 19.7 Å². The van der Waals surface area contributed by atoms with E-state index >= 15 is 0 Å². The smallest absolute Gasteiger partial charge is 0.343 e. The molecule has 8 heteroatoms. The van der Waals surface area contributed by atoms with Crippen molar-refractivity contribution in [1.82, 2.24) is 0 Å². The first-order valence-electron chi connectivity index (χ1n) is 5.19. The topological polar surface area (TPSA) is 108 Å². The molecule has 0 aromatic heterocycles. The number of hydrogen-bond acceptors (Lipinski definition) is 6. The van der Waals surface area contributed by atoms with E-state index in [0.717, 1.165) is 6.07 Å². The Kier molecular flexibility index (Phi) is 4.81. The fourth-order valence-electron chi connectivity index (χ4n) is 1.24. The van der Waals surface area contributed by atoms with Crippen molar-refractivity contribution in [2.75, 3.05) is 19.0 Å². The number of nitrogens with zero attached hydrogens (tertiary/aromatic N) is 1. The normalized spacial score (nSPS) is 9.58. The van der Waals surface area contributed by atoms with Crippen molar-refractivity contribution in [1.29, 1.82) is 0 Å². The van der Waals surface area contributed by atoms with Gasteiger partial charge >= 0.3 is 5.97 Å². The summed E-state index contributed by atoms with van der Waals surface area (Å²) in [5.74, 6) is -0.873. The van der Waals surface area contributed by atoms with Crippen molar-refractivity contribution in [2.24, 2.45) is 0 Å². The van der Waals surface area contributed by atoms with Gasteiger partial charge in [-0.25, -0.2) is 4.79 Å². The third-order valence-electron chi connectivity index (χ3n) is 2.06. The average Bonchev–Trinajstić information content (AvgIpc) is 2.35. The number of hydrogen-bond donors (Lipinski definition) is 1. The van der Waals surface area contributed by atoms with Crippen LogP contribution in [0.1, 0.15) is 6.92 Å². The Morgan fingerprint density at radius 1 is 1.42 bits per heavy atom. The van der Waals surface area contributed by atoms with Crippen molar-refractivity contribution in [3.05, 3.63) is 28.3 Å². The fourth-order valence-corrected chi connectivity index (χ4v) is 1.24. The van der Waals surface area contributed by atoms with Crippen LogP contribution >= 0.6 is 0 Å². The summed E-state index contributed by atoms with van der Waals surface area (Å²) >= 11 is 0. The highest BCUT2D eigenvalue weighted by Crippen LogP contribution is 2.29. The van der Waals surface area contributed by atoms with Crippen LogP contribution in [-0.4, -0.2) is 30.5 Å². The number of methoxy groups -OCH3 is 1. The molecule has 0 aliphatic heterocycles. The van der Waals surface area contributed by atoms with Crippen molar-refractivity contribution >= 4 is 23.3 Å². The molecule has 1 rings (SSSR count). The molecule has 0 atom stereocenters. The monoisotopic (exact) mass is 268 g/mol. The highest BCUT2D eigenvalue weighted by atomic mass is 16.6. The summed E-state index contributed by atoms with van der Waals surface area (Å²) in [4.78, 5) is 32.0. The molecular formula is C11H12N2O6. The second-order valence-corrected chi connectivity index (χ2v) is 3.48. The fraction of sp³-hybridized carbons (Fsp3) is 0.273. The summed E-state index contributed by atoms with van der Waals surface area (Å²) in [6, 6.07) is 3.65. The van der Waals surface area contributed by atoms with Gasteiger partial charge in [0.15, 0.2) is 6.61 Å². The molecule has 1 aromatic rings. The number of anilines is 1. The minimum atomic E-state index is -0.605. The van der Waals surface area contributed by atoms with Gasteiger partial charge in [0.2, 0.25) is 5.91 Å². The molecule has 1 amide bonds. The van der Waals surface area contributed by atoms with Gasteiger partial charge in [-0.1, -0.05) is 0 Å². The predicted octanol–water partition coefficient (Wildman–Crippen LogP) is 1.10. The molecule has 8 nitrogen and oxygen atoms in total. The number of rotatable bonds is 5. The molecule has 0 bridgehead atoms. The van der Waals surface area contributed by atoms with E-state index in [0.29, 0.717) is 0 Å². The zero-order valence-corrected chi connectivity index (χ0v) is 10.3. The Morgan fingerprint density at radius 2 is 2.11 bits per heavy atom. The molecule has 1 aromatic carbocycles.